The first kappa shape index (κ1) is 13.6. The van der Waals surface area contributed by atoms with Crippen LogP contribution in [0, 0.1) is 0 Å². The molecule has 98 valence electrons. The monoisotopic (exact) mass is 262 g/mol. The summed E-state index contributed by atoms with van der Waals surface area (Å²) in [5.41, 5.74) is 2.95. The Labute approximate surface area is 117 Å². The standard InChI is InChI=1S/C9H8O.C8H6N2/c10-8-4-7-9-5-2-1-3-6-9;1-3-7-8(9-5-1)4-2-6-10-7/h1-8H;1-6H. The molecule has 0 unspecified atom stereocenters. The van der Waals surface area contributed by atoms with Gasteiger partial charge in [0, 0.05) is 12.4 Å². The molecular formula is C17H14N2O. The lowest BCUT2D eigenvalue weighted by atomic mass is 10.2. The van der Waals surface area contributed by atoms with Gasteiger partial charge in [0.15, 0.2) is 0 Å². The minimum atomic E-state index is 0.771. The largest absolute Gasteiger partial charge is 0.299 e. The van der Waals surface area contributed by atoms with Crippen LogP contribution >= 0.6 is 0 Å². The zero-order valence-corrected chi connectivity index (χ0v) is 10.9. The number of hydrogen-bond donors (Lipinski definition) is 0. The normalized spacial score (nSPS) is 10.0. The van der Waals surface area contributed by atoms with Crippen molar-refractivity contribution in [1.29, 1.82) is 0 Å². The van der Waals surface area contributed by atoms with E-state index >= 15 is 0 Å². The van der Waals surface area contributed by atoms with E-state index in [2.05, 4.69) is 9.97 Å². The summed E-state index contributed by atoms with van der Waals surface area (Å²) in [6, 6.07) is 17.4. The van der Waals surface area contributed by atoms with E-state index in [0.717, 1.165) is 22.9 Å². The molecule has 3 heteroatoms. The lowest BCUT2D eigenvalue weighted by Crippen LogP contribution is -1.78. The van der Waals surface area contributed by atoms with Crippen LogP contribution in [0.3, 0.4) is 0 Å². The Morgan fingerprint density at radius 2 is 1.35 bits per heavy atom. The maximum Gasteiger partial charge on any atom is 0.142 e. The number of carbonyl (C=O) groups is 1. The average molecular weight is 262 g/mol. The van der Waals surface area contributed by atoms with E-state index in [0.29, 0.717) is 0 Å². The van der Waals surface area contributed by atoms with Crippen molar-refractivity contribution in [3.8, 4) is 0 Å². The lowest BCUT2D eigenvalue weighted by molar-refractivity contribution is -0.104. The van der Waals surface area contributed by atoms with Gasteiger partial charge in [-0.3, -0.25) is 14.8 Å². The van der Waals surface area contributed by atoms with Crippen molar-refractivity contribution in [2.45, 2.75) is 0 Å². The second kappa shape index (κ2) is 7.59. The summed E-state index contributed by atoms with van der Waals surface area (Å²) in [4.78, 5) is 18.1. The molecule has 0 spiro atoms. The smallest absolute Gasteiger partial charge is 0.142 e. The Bertz CT molecular complexity index is 628. The highest BCUT2D eigenvalue weighted by Crippen LogP contribution is 2.04. The van der Waals surface area contributed by atoms with Gasteiger partial charge < -0.3 is 0 Å². The number of aromatic nitrogens is 2. The Morgan fingerprint density at radius 3 is 1.90 bits per heavy atom. The van der Waals surface area contributed by atoms with E-state index in [-0.39, 0.29) is 0 Å². The fourth-order valence-corrected chi connectivity index (χ4v) is 1.62. The summed E-state index contributed by atoms with van der Waals surface area (Å²) in [6.45, 7) is 0. The summed E-state index contributed by atoms with van der Waals surface area (Å²) in [7, 11) is 0. The summed E-state index contributed by atoms with van der Waals surface area (Å²) in [6.07, 6.45) is 7.56. The van der Waals surface area contributed by atoms with Gasteiger partial charge in [0.05, 0.1) is 11.0 Å². The molecule has 3 nitrogen and oxygen atoms in total. The van der Waals surface area contributed by atoms with Crippen LogP contribution in [-0.2, 0) is 4.79 Å². The second-order valence-corrected chi connectivity index (χ2v) is 3.95. The molecule has 0 N–H and O–H groups in total. The number of hydrogen-bond acceptors (Lipinski definition) is 3. The third-order valence-electron chi connectivity index (χ3n) is 2.54. The van der Waals surface area contributed by atoms with Crippen molar-refractivity contribution in [1.82, 2.24) is 9.97 Å². The summed E-state index contributed by atoms with van der Waals surface area (Å²) in [5.74, 6) is 0. The van der Waals surface area contributed by atoms with E-state index < -0.39 is 0 Å². The molecule has 20 heavy (non-hydrogen) atoms. The third kappa shape index (κ3) is 4.14. The van der Waals surface area contributed by atoms with Crippen molar-refractivity contribution < 1.29 is 4.79 Å². The molecule has 3 aromatic rings. The van der Waals surface area contributed by atoms with Crippen molar-refractivity contribution in [3.63, 3.8) is 0 Å². The van der Waals surface area contributed by atoms with Crippen LogP contribution in [0.15, 0.2) is 73.1 Å². The van der Waals surface area contributed by atoms with Gasteiger partial charge in [-0.05, 0) is 35.9 Å². The molecule has 0 atom stereocenters. The summed E-state index contributed by atoms with van der Waals surface area (Å²) >= 11 is 0. The molecule has 0 fully saturated rings. The zero-order valence-electron chi connectivity index (χ0n) is 10.9. The SMILES string of the molecule is O=CC=Cc1ccccc1.c1cnc2cccnc2c1. The van der Waals surface area contributed by atoms with Crippen LogP contribution in [0.5, 0.6) is 0 Å². The van der Waals surface area contributed by atoms with Gasteiger partial charge in [0.25, 0.3) is 0 Å². The number of carbonyl (C=O) groups excluding carboxylic acids is 1. The lowest BCUT2D eigenvalue weighted by Gasteiger charge is -1.90. The minimum Gasteiger partial charge on any atom is -0.299 e. The molecule has 0 aliphatic heterocycles. The molecule has 2 heterocycles. The van der Waals surface area contributed by atoms with Gasteiger partial charge in [-0.1, -0.05) is 36.4 Å². The number of aldehydes is 1. The fraction of sp³-hybridized carbons (Fsp3) is 0. The Hall–Kier alpha value is -2.81. The number of pyridine rings is 2. The maximum atomic E-state index is 9.89. The van der Waals surface area contributed by atoms with E-state index in [1.54, 1.807) is 18.5 Å². The number of nitrogens with zero attached hydrogens (tertiary/aromatic N) is 2. The number of allylic oxidation sites excluding steroid dienone is 1. The Kier molecular flexibility index (Phi) is 5.17. The van der Waals surface area contributed by atoms with Crippen molar-refractivity contribution >= 4 is 23.4 Å². The van der Waals surface area contributed by atoms with Gasteiger partial charge in [-0.15, -0.1) is 0 Å². The van der Waals surface area contributed by atoms with Crippen LogP contribution < -0.4 is 0 Å². The minimum absolute atomic E-state index is 0.771. The second-order valence-electron chi connectivity index (χ2n) is 3.95. The molecule has 0 saturated carbocycles. The van der Waals surface area contributed by atoms with E-state index in [4.69, 9.17) is 0 Å². The van der Waals surface area contributed by atoms with E-state index in [1.807, 2.05) is 54.6 Å². The van der Waals surface area contributed by atoms with Gasteiger partial charge in [0.1, 0.15) is 6.29 Å². The van der Waals surface area contributed by atoms with Crippen LogP contribution in [0.1, 0.15) is 5.56 Å². The van der Waals surface area contributed by atoms with Crippen LogP contribution in [0.2, 0.25) is 0 Å². The van der Waals surface area contributed by atoms with Gasteiger partial charge in [-0.25, -0.2) is 0 Å². The summed E-state index contributed by atoms with van der Waals surface area (Å²) < 4.78 is 0. The Balaban J connectivity index is 0.000000147. The number of fused-ring (bicyclic) bond motifs is 1. The number of benzene rings is 1. The average Bonchev–Trinajstić information content (AvgIpc) is 2.55. The predicted octanol–water partition coefficient (Wildman–Crippen LogP) is 3.53. The van der Waals surface area contributed by atoms with Crippen LogP contribution in [0.25, 0.3) is 17.1 Å². The van der Waals surface area contributed by atoms with Crippen molar-refractivity contribution in [2.75, 3.05) is 0 Å². The molecule has 1 aromatic carbocycles. The number of rotatable bonds is 2. The highest BCUT2D eigenvalue weighted by atomic mass is 16.1. The van der Waals surface area contributed by atoms with Gasteiger partial charge >= 0.3 is 0 Å². The van der Waals surface area contributed by atoms with Crippen LogP contribution in [0.4, 0.5) is 0 Å². The summed E-state index contributed by atoms with van der Waals surface area (Å²) in [5, 5.41) is 0. The highest BCUT2D eigenvalue weighted by molar-refractivity contribution is 5.73. The predicted molar refractivity (Wildman–Crippen MR) is 81.1 cm³/mol. The van der Waals surface area contributed by atoms with Crippen molar-refractivity contribution in [2.24, 2.45) is 0 Å². The molecule has 0 aliphatic carbocycles. The van der Waals surface area contributed by atoms with Gasteiger partial charge in [-0.2, -0.15) is 0 Å². The van der Waals surface area contributed by atoms with Crippen LogP contribution in [-0.4, -0.2) is 16.3 Å². The zero-order chi connectivity index (χ0) is 14.0. The maximum absolute atomic E-state index is 9.89. The first-order valence-electron chi connectivity index (χ1n) is 6.23. The first-order valence-corrected chi connectivity index (χ1v) is 6.23. The molecule has 0 radical (unpaired) electrons. The third-order valence-corrected chi connectivity index (χ3v) is 2.54. The Morgan fingerprint density at radius 1 is 0.750 bits per heavy atom. The molecule has 0 bridgehead atoms. The molecule has 0 aliphatic rings. The topological polar surface area (TPSA) is 42.9 Å². The molecule has 2 aromatic heterocycles. The van der Waals surface area contributed by atoms with E-state index in [1.165, 1.54) is 6.08 Å². The highest BCUT2D eigenvalue weighted by Gasteiger charge is 1.88. The van der Waals surface area contributed by atoms with Crippen molar-refractivity contribution in [3.05, 3.63) is 78.6 Å². The molecule has 3 rings (SSSR count). The molecule has 0 amide bonds. The van der Waals surface area contributed by atoms with E-state index in [9.17, 15) is 4.79 Å². The first-order chi connectivity index (χ1) is 9.90. The quantitative estimate of drug-likeness (QED) is 0.524. The van der Waals surface area contributed by atoms with Gasteiger partial charge in [0.2, 0.25) is 0 Å². The molecular weight excluding hydrogens is 248 g/mol. The molecule has 0 saturated heterocycles. The fourth-order valence-electron chi connectivity index (χ4n) is 1.62.